The highest BCUT2D eigenvalue weighted by Crippen LogP contribution is 2.25. The lowest BCUT2D eigenvalue weighted by Gasteiger charge is -2.04. The van der Waals surface area contributed by atoms with Crippen LogP contribution in [0, 0.1) is 13.8 Å². The third-order valence-corrected chi connectivity index (χ3v) is 3.91. The molecule has 7 heteroatoms. The molecule has 3 aromatic heterocycles. The summed E-state index contributed by atoms with van der Waals surface area (Å²) in [7, 11) is 1.90. The Morgan fingerprint density at radius 3 is 2.70 bits per heavy atom. The minimum Gasteiger partial charge on any atom is -0.353 e. The Kier molecular flexibility index (Phi) is 4.01. The molecule has 0 unspecified atom stereocenters. The normalized spacial score (nSPS) is 10.9. The monoisotopic (exact) mass is 312 g/mol. The first kappa shape index (κ1) is 15.1. The van der Waals surface area contributed by atoms with Crippen LogP contribution in [0.25, 0.3) is 11.3 Å². The lowest BCUT2D eigenvalue weighted by Crippen LogP contribution is -2.27. The zero-order valence-corrected chi connectivity index (χ0v) is 13.5. The van der Waals surface area contributed by atoms with Crippen molar-refractivity contribution in [3.8, 4) is 11.3 Å². The van der Waals surface area contributed by atoms with E-state index in [4.69, 9.17) is 0 Å². The predicted molar refractivity (Wildman–Crippen MR) is 87.0 cm³/mol. The second-order valence-electron chi connectivity index (χ2n) is 5.51. The van der Waals surface area contributed by atoms with Crippen molar-refractivity contribution in [3.63, 3.8) is 0 Å². The molecule has 0 atom stereocenters. The number of hydrogen-bond donors (Lipinski definition) is 2. The van der Waals surface area contributed by atoms with Crippen LogP contribution >= 0.6 is 0 Å². The molecule has 0 fully saturated rings. The first-order chi connectivity index (χ1) is 11.1. The molecule has 0 bridgehead atoms. The van der Waals surface area contributed by atoms with Gasteiger partial charge in [-0.25, -0.2) is 0 Å². The molecule has 0 aromatic carbocycles. The summed E-state index contributed by atoms with van der Waals surface area (Å²) in [5.74, 6) is -0.157. The van der Waals surface area contributed by atoms with Crippen LogP contribution in [0.1, 0.15) is 21.9 Å². The van der Waals surface area contributed by atoms with Crippen molar-refractivity contribution >= 4 is 5.91 Å². The molecular formula is C16H20N6O. The lowest BCUT2D eigenvalue weighted by atomic mass is 10.1. The van der Waals surface area contributed by atoms with Crippen molar-refractivity contribution in [3.05, 3.63) is 47.7 Å². The Morgan fingerprint density at radius 1 is 1.30 bits per heavy atom. The highest BCUT2D eigenvalue weighted by Gasteiger charge is 2.16. The summed E-state index contributed by atoms with van der Waals surface area (Å²) in [6.45, 7) is 5.22. The van der Waals surface area contributed by atoms with Gasteiger partial charge in [0.15, 0.2) is 0 Å². The van der Waals surface area contributed by atoms with Crippen molar-refractivity contribution in [2.45, 2.75) is 20.4 Å². The largest absolute Gasteiger partial charge is 0.353 e. The quantitative estimate of drug-likeness (QED) is 0.752. The number of aromatic amines is 1. The van der Waals surface area contributed by atoms with Crippen LogP contribution in [0.3, 0.4) is 0 Å². The fourth-order valence-corrected chi connectivity index (χ4v) is 2.62. The summed E-state index contributed by atoms with van der Waals surface area (Å²) in [6.07, 6.45) is 3.93. The second-order valence-corrected chi connectivity index (χ2v) is 5.51. The highest BCUT2D eigenvalue weighted by molar-refractivity contribution is 5.93. The van der Waals surface area contributed by atoms with Gasteiger partial charge in [-0.2, -0.15) is 10.2 Å². The third kappa shape index (κ3) is 3.03. The Hall–Kier alpha value is -2.83. The van der Waals surface area contributed by atoms with Crippen LogP contribution in [0.4, 0.5) is 0 Å². The van der Waals surface area contributed by atoms with Gasteiger partial charge in [-0.1, -0.05) is 0 Å². The van der Waals surface area contributed by atoms with Gasteiger partial charge < -0.3 is 9.88 Å². The lowest BCUT2D eigenvalue weighted by molar-refractivity contribution is 0.0947. The topological polar surface area (TPSA) is 80.5 Å². The van der Waals surface area contributed by atoms with Gasteiger partial charge in [-0.3, -0.25) is 14.6 Å². The van der Waals surface area contributed by atoms with E-state index in [1.807, 2.05) is 54.7 Å². The van der Waals surface area contributed by atoms with Crippen LogP contribution in [0.15, 0.2) is 30.6 Å². The van der Waals surface area contributed by atoms with Gasteiger partial charge >= 0.3 is 0 Å². The zero-order valence-electron chi connectivity index (χ0n) is 13.5. The Labute approximate surface area is 134 Å². The first-order valence-electron chi connectivity index (χ1n) is 7.51. The Morgan fingerprint density at radius 2 is 2.04 bits per heavy atom. The molecule has 0 spiro atoms. The number of aryl methyl sites for hydroxylation is 2. The molecule has 1 amide bonds. The van der Waals surface area contributed by atoms with Crippen LogP contribution in [-0.2, 0) is 13.6 Å². The van der Waals surface area contributed by atoms with Gasteiger partial charge in [0.2, 0.25) is 0 Å². The smallest absolute Gasteiger partial charge is 0.269 e. The van der Waals surface area contributed by atoms with Crippen molar-refractivity contribution in [2.24, 2.45) is 7.05 Å². The minimum atomic E-state index is -0.157. The number of nitrogens with zero attached hydrogens (tertiary/aromatic N) is 4. The number of amides is 1. The zero-order chi connectivity index (χ0) is 16.4. The molecule has 7 nitrogen and oxygen atoms in total. The van der Waals surface area contributed by atoms with E-state index in [0.717, 1.165) is 29.2 Å². The molecule has 0 saturated heterocycles. The molecule has 3 heterocycles. The van der Waals surface area contributed by atoms with Gasteiger partial charge in [0.25, 0.3) is 5.91 Å². The second kappa shape index (κ2) is 6.12. The number of nitrogens with one attached hydrogen (secondary N) is 2. The summed E-state index contributed by atoms with van der Waals surface area (Å²) >= 11 is 0. The van der Waals surface area contributed by atoms with Gasteiger partial charge in [-0.15, -0.1) is 0 Å². The van der Waals surface area contributed by atoms with Crippen molar-refractivity contribution in [1.29, 1.82) is 0 Å². The van der Waals surface area contributed by atoms with E-state index in [0.29, 0.717) is 12.2 Å². The molecule has 23 heavy (non-hydrogen) atoms. The van der Waals surface area contributed by atoms with Crippen molar-refractivity contribution < 1.29 is 4.79 Å². The molecular weight excluding hydrogens is 292 g/mol. The van der Waals surface area contributed by atoms with Crippen LogP contribution in [0.5, 0.6) is 0 Å². The van der Waals surface area contributed by atoms with E-state index in [9.17, 15) is 4.79 Å². The van der Waals surface area contributed by atoms with Crippen molar-refractivity contribution in [1.82, 2.24) is 29.9 Å². The van der Waals surface area contributed by atoms with Crippen molar-refractivity contribution in [2.75, 3.05) is 6.54 Å². The van der Waals surface area contributed by atoms with Crippen LogP contribution in [-0.4, -0.2) is 37.0 Å². The number of aromatic nitrogens is 5. The fourth-order valence-electron chi connectivity index (χ4n) is 2.62. The average Bonchev–Trinajstić information content (AvgIpc) is 3.22. The number of rotatable bonds is 5. The molecule has 3 rings (SSSR count). The number of H-pyrrole nitrogens is 1. The first-order valence-corrected chi connectivity index (χ1v) is 7.51. The van der Waals surface area contributed by atoms with Gasteiger partial charge in [0.1, 0.15) is 5.69 Å². The van der Waals surface area contributed by atoms with Gasteiger partial charge in [0.05, 0.1) is 11.4 Å². The fraction of sp³-hybridized carbons (Fsp3) is 0.312. The van der Waals surface area contributed by atoms with E-state index >= 15 is 0 Å². The maximum absolute atomic E-state index is 12.2. The average molecular weight is 312 g/mol. The van der Waals surface area contributed by atoms with Gasteiger partial charge in [0, 0.05) is 43.8 Å². The molecule has 0 aliphatic rings. The van der Waals surface area contributed by atoms with E-state index in [1.165, 1.54) is 0 Å². The molecule has 0 aliphatic carbocycles. The summed E-state index contributed by atoms with van der Waals surface area (Å²) in [4.78, 5) is 12.2. The molecule has 3 aromatic rings. The summed E-state index contributed by atoms with van der Waals surface area (Å²) in [5, 5.41) is 14.3. The molecule has 0 saturated carbocycles. The van der Waals surface area contributed by atoms with Gasteiger partial charge in [-0.05, 0) is 32.0 Å². The van der Waals surface area contributed by atoms with E-state index < -0.39 is 0 Å². The maximum atomic E-state index is 12.2. The SMILES string of the molecule is Cc1nn(C)c(C)c1-c1cc(C(=O)NCCn2cccc2)[nH]n1. The summed E-state index contributed by atoms with van der Waals surface area (Å²) in [5.41, 5.74) is 4.08. The number of hydrogen-bond acceptors (Lipinski definition) is 3. The van der Waals surface area contributed by atoms with E-state index in [1.54, 1.807) is 6.07 Å². The predicted octanol–water partition coefficient (Wildman–Crippen LogP) is 1.66. The van der Waals surface area contributed by atoms with E-state index in [2.05, 4.69) is 20.6 Å². The van der Waals surface area contributed by atoms with Crippen LogP contribution in [0.2, 0.25) is 0 Å². The molecule has 0 aliphatic heterocycles. The molecule has 2 N–H and O–H groups in total. The molecule has 120 valence electrons. The third-order valence-electron chi connectivity index (χ3n) is 3.91. The summed E-state index contributed by atoms with van der Waals surface area (Å²) < 4.78 is 3.83. The van der Waals surface area contributed by atoms with E-state index in [-0.39, 0.29) is 5.91 Å². The Balaban J connectivity index is 1.67. The Bertz CT molecular complexity index is 812. The van der Waals surface area contributed by atoms with Crippen LogP contribution < -0.4 is 5.32 Å². The summed E-state index contributed by atoms with van der Waals surface area (Å²) in [6, 6.07) is 5.69. The number of carbonyl (C=O) groups excluding carboxylic acids is 1. The minimum absolute atomic E-state index is 0.157. The maximum Gasteiger partial charge on any atom is 0.269 e. The molecule has 0 radical (unpaired) electrons. The number of carbonyl (C=O) groups is 1. The highest BCUT2D eigenvalue weighted by atomic mass is 16.1. The standard InChI is InChI=1S/C16H20N6O/c1-11-15(12(2)21(3)20-11)13-10-14(19-18-13)16(23)17-6-9-22-7-4-5-8-22/h4-5,7-8,10H,6,9H2,1-3H3,(H,17,23)(H,18,19).